The zero-order chi connectivity index (χ0) is 15.6. The Hall–Kier alpha value is -2.30. The van der Waals surface area contributed by atoms with Crippen LogP contribution in [0, 0.1) is 6.92 Å². The normalized spacial score (nSPS) is 18.1. The smallest absolute Gasteiger partial charge is 0.134 e. The number of benzene rings is 1. The number of rotatable bonds is 4. The molecule has 1 saturated heterocycles. The first-order valence-corrected chi connectivity index (χ1v) is 8.45. The topological polar surface area (TPSA) is 44.3 Å². The second kappa shape index (κ2) is 6.07. The van der Waals surface area contributed by atoms with Crippen LogP contribution in [0.5, 0.6) is 0 Å². The molecule has 0 radical (unpaired) electrons. The Balaban J connectivity index is 1.44. The lowest BCUT2D eigenvalue weighted by Gasteiger charge is -2.36. The Morgan fingerprint density at radius 1 is 0.957 bits per heavy atom. The third-order valence-electron chi connectivity index (χ3n) is 4.48. The molecule has 23 heavy (non-hydrogen) atoms. The van der Waals surface area contributed by atoms with Crippen molar-refractivity contribution in [1.29, 1.82) is 0 Å². The van der Waals surface area contributed by atoms with Crippen molar-refractivity contribution >= 4 is 17.3 Å². The van der Waals surface area contributed by atoms with Gasteiger partial charge >= 0.3 is 0 Å². The maximum absolute atomic E-state index is 4.64. The summed E-state index contributed by atoms with van der Waals surface area (Å²) in [6, 6.07) is 13.4. The summed E-state index contributed by atoms with van der Waals surface area (Å²) in [4.78, 5) is 14.0. The molecule has 1 aromatic heterocycles. The minimum atomic E-state index is 0.618. The van der Waals surface area contributed by atoms with Crippen LogP contribution >= 0.6 is 0 Å². The lowest BCUT2D eigenvalue weighted by atomic mass is 10.2. The molecular formula is C18H23N5. The van der Waals surface area contributed by atoms with Gasteiger partial charge < -0.3 is 15.1 Å². The number of anilines is 3. The van der Waals surface area contributed by atoms with E-state index >= 15 is 0 Å². The quantitative estimate of drug-likeness (QED) is 0.941. The second-order valence-corrected chi connectivity index (χ2v) is 6.39. The van der Waals surface area contributed by atoms with E-state index in [0.29, 0.717) is 6.04 Å². The Bertz CT molecular complexity index is 660. The molecule has 120 valence electrons. The monoisotopic (exact) mass is 309 g/mol. The van der Waals surface area contributed by atoms with Crippen molar-refractivity contribution in [2.45, 2.75) is 25.8 Å². The van der Waals surface area contributed by atoms with Crippen LogP contribution in [0.15, 0.2) is 36.4 Å². The highest BCUT2D eigenvalue weighted by Crippen LogP contribution is 2.26. The second-order valence-electron chi connectivity index (χ2n) is 6.39. The molecule has 1 N–H and O–H groups in total. The van der Waals surface area contributed by atoms with Crippen LogP contribution in [-0.2, 0) is 0 Å². The fourth-order valence-electron chi connectivity index (χ4n) is 3.06. The standard InChI is InChI=1S/C18H23N5/c1-14-19-17(21-15-7-8-15)13-18(20-14)23-11-9-22(10-12-23)16-5-3-2-4-6-16/h2-6,13,15H,7-12H2,1H3,(H,19,20,21). The zero-order valence-electron chi connectivity index (χ0n) is 13.6. The molecular weight excluding hydrogens is 286 g/mol. The van der Waals surface area contributed by atoms with Crippen LogP contribution in [0.4, 0.5) is 17.3 Å². The van der Waals surface area contributed by atoms with E-state index in [9.17, 15) is 0 Å². The summed E-state index contributed by atoms with van der Waals surface area (Å²) in [6.07, 6.45) is 2.52. The summed E-state index contributed by atoms with van der Waals surface area (Å²) in [5.74, 6) is 2.87. The summed E-state index contributed by atoms with van der Waals surface area (Å²) >= 11 is 0. The molecule has 4 rings (SSSR count). The molecule has 2 fully saturated rings. The molecule has 5 heteroatoms. The van der Waals surface area contributed by atoms with E-state index in [-0.39, 0.29) is 0 Å². The minimum absolute atomic E-state index is 0.618. The molecule has 5 nitrogen and oxygen atoms in total. The highest BCUT2D eigenvalue weighted by Gasteiger charge is 2.23. The van der Waals surface area contributed by atoms with E-state index in [0.717, 1.165) is 43.6 Å². The molecule has 2 aromatic rings. The van der Waals surface area contributed by atoms with Crippen LogP contribution in [-0.4, -0.2) is 42.2 Å². The number of aryl methyl sites for hydroxylation is 1. The number of hydrogen-bond acceptors (Lipinski definition) is 5. The van der Waals surface area contributed by atoms with E-state index in [1.807, 2.05) is 6.92 Å². The molecule has 0 bridgehead atoms. The average molecular weight is 309 g/mol. The molecule has 2 aliphatic rings. The predicted molar refractivity (Wildman–Crippen MR) is 94.3 cm³/mol. The number of para-hydroxylation sites is 1. The summed E-state index contributed by atoms with van der Waals surface area (Å²) in [5.41, 5.74) is 1.31. The van der Waals surface area contributed by atoms with Gasteiger partial charge in [0.05, 0.1) is 0 Å². The molecule has 1 saturated carbocycles. The van der Waals surface area contributed by atoms with Crippen molar-refractivity contribution in [2.75, 3.05) is 41.3 Å². The molecule has 1 aromatic carbocycles. The van der Waals surface area contributed by atoms with Gasteiger partial charge in [-0.1, -0.05) is 18.2 Å². The number of piperazine rings is 1. The number of nitrogens with zero attached hydrogens (tertiary/aromatic N) is 4. The molecule has 0 spiro atoms. The van der Waals surface area contributed by atoms with Gasteiger partial charge in [-0.15, -0.1) is 0 Å². The minimum Gasteiger partial charge on any atom is -0.368 e. The van der Waals surface area contributed by atoms with Crippen LogP contribution in [0.3, 0.4) is 0 Å². The molecule has 2 heterocycles. The maximum Gasteiger partial charge on any atom is 0.134 e. The molecule has 0 amide bonds. The van der Waals surface area contributed by atoms with Crippen LogP contribution in [0.1, 0.15) is 18.7 Å². The van der Waals surface area contributed by atoms with Gasteiger partial charge in [-0.3, -0.25) is 0 Å². The van der Waals surface area contributed by atoms with Crippen molar-refractivity contribution in [2.24, 2.45) is 0 Å². The Morgan fingerprint density at radius 2 is 1.65 bits per heavy atom. The predicted octanol–water partition coefficient (Wildman–Crippen LogP) is 2.69. The summed E-state index contributed by atoms with van der Waals surface area (Å²) in [6.45, 7) is 6.02. The SMILES string of the molecule is Cc1nc(NC2CC2)cc(N2CCN(c3ccccc3)CC2)n1. The van der Waals surface area contributed by atoms with E-state index < -0.39 is 0 Å². The van der Waals surface area contributed by atoms with Gasteiger partial charge in [0, 0.05) is 44.0 Å². The first-order chi connectivity index (χ1) is 11.3. The van der Waals surface area contributed by atoms with Gasteiger partial charge in [0.1, 0.15) is 17.5 Å². The van der Waals surface area contributed by atoms with E-state index in [2.05, 4.69) is 61.5 Å². The van der Waals surface area contributed by atoms with Crippen molar-refractivity contribution in [3.63, 3.8) is 0 Å². The zero-order valence-corrected chi connectivity index (χ0v) is 13.6. The van der Waals surface area contributed by atoms with Crippen LogP contribution in [0.25, 0.3) is 0 Å². The van der Waals surface area contributed by atoms with Crippen molar-refractivity contribution < 1.29 is 0 Å². The number of nitrogens with one attached hydrogen (secondary N) is 1. The van der Waals surface area contributed by atoms with Crippen LogP contribution < -0.4 is 15.1 Å². The van der Waals surface area contributed by atoms with Crippen molar-refractivity contribution in [3.05, 3.63) is 42.2 Å². The molecule has 1 aliphatic heterocycles. The van der Waals surface area contributed by atoms with Gasteiger partial charge in [0.2, 0.25) is 0 Å². The fraction of sp³-hybridized carbons (Fsp3) is 0.444. The van der Waals surface area contributed by atoms with Crippen molar-refractivity contribution in [1.82, 2.24) is 9.97 Å². The fourth-order valence-corrected chi connectivity index (χ4v) is 3.06. The lowest BCUT2D eigenvalue weighted by Crippen LogP contribution is -2.46. The average Bonchev–Trinajstić information content (AvgIpc) is 3.39. The Kier molecular flexibility index (Phi) is 3.77. The van der Waals surface area contributed by atoms with Crippen LogP contribution in [0.2, 0.25) is 0 Å². The van der Waals surface area contributed by atoms with Gasteiger partial charge in [-0.05, 0) is 31.9 Å². The summed E-state index contributed by atoms with van der Waals surface area (Å²) in [5, 5.41) is 3.48. The number of aromatic nitrogens is 2. The highest BCUT2D eigenvalue weighted by atomic mass is 15.3. The first kappa shape index (κ1) is 14.3. The highest BCUT2D eigenvalue weighted by molar-refractivity contribution is 5.53. The molecule has 0 unspecified atom stereocenters. The largest absolute Gasteiger partial charge is 0.368 e. The molecule has 0 atom stereocenters. The molecule has 1 aliphatic carbocycles. The van der Waals surface area contributed by atoms with Crippen molar-refractivity contribution in [3.8, 4) is 0 Å². The van der Waals surface area contributed by atoms with E-state index in [4.69, 9.17) is 0 Å². The van der Waals surface area contributed by atoms with Gasteiger partial charge in [-0.2, -0.15) is 0 Å². The van der Waals surface area contributed by atoms with Gasteiger partial charge in [0.15, 0.2) is 0 Å². The van der Waals surface area contributed by atoms with Gasteiger partial charge in [0.25, 0.3) is 0 Å². The van der Waals surface area contributed by atoms with E-state index in [1.54, 1.807) is 0 Å². The van der Waals surface area contributed by atoms with Gasteiger partial charge in [-0.25, -0.2) is 9.97 Å². The maximum atomic E-state index is 4.64. The third-order valence-corrected chi connectivity index (χ3v) is 4.48. The third kappa shape index (κ3) is 3.38. The summed E-state index contributed by atoms with van der Waals surface area (Å²) in [7, 11) is 0. The van der Waals surface area contributed by atoms with E-state index in [1.165, 1.54) is 18.5 Å². The Morgan fingerprint density at radius 3 is 2.35 bits per heavy atom. The Labute approximate surface area is 137 Å². The first-order valence-electron chi connectivity index (χ1n) is 8.45. The summed E-state index contributed by atoms with van der Waals surface area (Å²) < 4.78 is 0. The number of hydrogen-bond donors (Lipinski definition) is 1. The lowest BCUT2D eigenvalue weighted by molar-refractivity contribution is 0.646.